The van der Waals surface area contributed by atoms with E-state index in [1.165, 1.54) is 19.3 Å². The van der Waals surface area contributed by atoms with Crippen LogP contribution < -0.4 is 0 Å². The Labute approximate surface area is 155 Å². The molecule has 1 saturated heterocycles. The number of carbonyl (C=O) groups is 1. The van der Waals surface area contributed by atoms with Crippen LogP contribution in [0.5, 0.6) is 0 Å². The summed E-state index contributed by atoms with van der Waals surface area (Å²) in [6.07, 6.45) is 7.64. The van der Waals surface area contributed by atoms with E-state index in [1.807, 2.05) is 0 Å². The van der Waals surface area contributed by atoms with Crippen molar-refractivity contribution >= 4 is 5.97 Å². The second-order valence-electron chi connectivity index (χ2n) is 11.1. The molecule has 1 spiro atoms. The van der Waals surface area contributed by atoms with E-state index in [0.717, 1.165) is 25.7 Å². The molecule has 0 bridgehead atoms. The largest absolute Gasteiger partial charge is 0.435 e. The summed E-state index contributed by atoms with van der Waals surface area (Å²) >= 11 is 0. The maximum atomic E-state index is 13.4. The third-order valence-corrected chi connectivity index (χ3v) is 6.60. The molecule has 0 aromatic rings. The lowest BCUT2D eigenvalue weighted by Crippen LogP contribution is -2.47. The van der Waals surface area contributed by atoms with Crippen LogP contribution in [0.2, 0.25) is 0 Å². The first kappa shape index (κ1) is 20.7. The highest BCUT2D eigenvalue weighted by atomic mass is 16.7. The molecule has 0 aromatic heterocycles. The molecule has 0 radical (unpaired) electrons. The number of carbonyl (C=O) groups excluding carboxylic acids is 1. The molecule has 0 N–H and O–H groups in total. The quantitative estimate of drug-likeness (QED) is 0.575. The van der Waals surface area contributed by atoms with Crippen LogP contribution >= 0.6 is 0 Å². The third-order valence-electron chi connectivity index (χ3n) is 6.60. The van der Waals surface area contributed by atoms with Crippen LogP contribution in [0, 0.1) is 21.7 Å². The molecule has 3 heteroatoms. The first-order valence-electron chi connectivity index (χ1n) is 10.2. The standard InChI is InChI=1S/C22H40O3/c1-16-14-22(12-10-9-11-13-22)18(24-16)25-17(23)21(8,20(5,6)7)15-19(2,3)4/h16,18H,9-15H2,1-8H3. The molecule has 25 heavy (non-hydrogen) atoms. The molecule has 2 fully saturated rings. The Morgan fingerprint density at radius 2 is 1.60 bits per heavy atom. The van der Waals surface area contributed by atoms with Crippen molar-refractivity contribution in [1.82, 2.24) is 0 Å². The molecule has 3 nitrogen and oxygen atoms in total. The lowest BCUT2D eigenvalue weighted by Gasteiger charge is -2.45. The molecular weight excluding hydrogens is 312 g/mol. The molecule has 3 unspecified atom stereocenters. The summed E-state index contributed by atoms with van der Waals surface area (Å²) in [5.41, 5.74) is -0.584. The second kappa shape index (κ2) is 6.87. The van der Waals surface area contributed by atoms with Crippen molar-refractivity contribution in [1.29, 1.82) is 0 Å². The van der Waals surface area contributed by atoms with Crippen molar-refractivity contribution in [3.8, 4) is 0 Å². The fraction of sp³-hybridized carbons (Fsp3) is 0.955. The third kappa shape index (κ3) is 4.40. The van der Waals surface area contributed by atoms with Crippen LogP contribution in [0.15, 0.2) is 0 Å². The van der Waals surface area contributed by atoms with E-state index in [2.05, 4.69) is 55.4 Å². The second-order valence-corrected chi connectivity index (χ2v) is 11.1. The van der Waals surface area contributed by atoms with Crippen LogP contribution in [0.1, 0.15) is 100 Å². The molecule has 2 rings (SSSR count). The lowest BCUT2D eigenvalue weighted by atomic mass is 9.61. The number of ether oxygens (including phenoxy) is 2. The Morgan fingerprint density at radius 1 is 1.04 bits per heavy atom. The first-order valence-corrected chi connectivity index (χ1v) is 10.2. The average molecular weight is 353 g/mol. The van der Waals surface area contributed by atoms with E-state index in [9.17, 15) is 4.79 Å². The highest BCUT2D eigenvalue weighted by molar-refractivity contribution is 5.77. The van der Waals surface area contributed by atoms with Crippen molar-refractivity contribution in [3.63, 3.8) is 0 Å². The molecule has 2 aliphatic rings. The molecule has 0 amide bonds. The van der Waals surface area contributed by atoms with E-state index in [1.54, 1.807) is 0 Å². The molecular formula is C22H40O3. The number of hydrogen-bond acceptors (Lipinski definition) is 3. The summed E-state index contributed by atoms with van der Waals surface area (Å²) in [5, 5.41) is 0. The van der Waals surface area contributed by atoms with Crippen LogP contribution in [-0.4, -0.2) is 18.4 Å². The minimum atomic E-state index is -0.531. The molecule has 1 heterocycles. The topological polar surface area (TPSA) is 35.5 Å². The molecule has 0 aromatic carbocycles. The van der Waals surface area contributed by atoms with Gasteiger partial charge in [0.1, 0.15) is 0 Å². The lowest BCUT2D eigenvalue weighted by molar-refractivity contribution is -0.211. The maximum absolute atomic E-state index is 13.4. The van der Waals surface area contributed by atoms with Gasteiger partial charge in [0.05, 0.1) is 11.5 Å². The van der Waals surface area contributed by atoms with E-state index < -0.39 is 5.41 Å². The van der Waals surface area contributed by atoms with Gasteiger partial charge in [0, 0.05) is 5.41 Å². The summed E-state index contributed by atoms with van der Waals surface area (Å²) in [6, 6.07) is 0. The van der Waals surface area contributed by atoms with E-state index in [-0.39, 0.29) is 34.6 Å². The smallest absolute Gasteiger partial charge is 0.314 e. The minimum absolute atomic E-state index is 0.0495. The molecule has 146 valence electrons. The number of rotatable bonds is 3. The normalized spacial score (nSPS) is 29.4. The van der Waals surface area contributed by atoms with Gasteiger partial charge in [0.2, 0.25) is 6.29 Å². The first-order chi connectivity index (χ1) is 11.3. The zero-order chi connectivity index (χ0) is 19.1. The van der Waals surface area contributed by atoms with Crippen molar-refractivity contribution < 1.29 is 14.3 Å². The predicted octanol–water partition coefficient (Wildman–Crippen LogP) is 6.10. The van der Waals surface area contributed by atoms with Gasteiger partial charge in [-0.1, -0.05) is 60.8 Å². The van der Waals surface area contributed by atoms with Crippen LogP contribution in [0.3, 0.4) is 0 Å². The Bertz CT molecular complexity index is 476. The van der Waals surface area contributed by atoms with Crippen molar-refractivity contribution in [3.05, 3.63) is 0 Å². The summed E-state index contributed by atoms with van der Waals surface area (Å²) in [6.45, 7) is 17.2. The molecule has 1 aliphatic carbocycles. The van der Waals surface area contributed by atoms with Gasteiger partial charge in [-0.15, -0.1) is 0 Å². The number of hydrogen-bond donors (Lipinski definition) is 0. The van der Waals surface area contributed by atoms with Gasteiger partial charge < -0.3 is 9.47 Å². The summed E-state index contributed by atoms with van der Waals surface area (Å²) in [4.78, 5) is 13.4. The van der Waals surface area contributed by atoms with E-state index >= 15 is 0 Å². The van der Waals surface area contributed by atoms with Crippen LogP contribution in [0.25, 0.3) is 0 Å². The SMILES string of the molecule is CC1CC2(CCCCC2)C(OC(=O)C(C)(CC(C)(C)C)C(C)(C)C)O1. The van der Waals surface area contributed by atoms with Crippen LogP contribution in [-0.2, 0) is 14.3 Å². The highest BCUT2D eigenvalue weighted by Crippen LogP contribution is 2.52. The Morgan fingerprint density at radius 3 is 2.08 bits per heavy atom. The van der Waals surface area contributed by atoms with Crippen LogP contribution in [0.4, 0.5) is 0 Å². The van der Waals surface area contributed by atoms with Crippen molar-refractivity contribution in [2.45, 2.75) is 113 Å². The van der Waals surface area contributed by atoms with Gasteiger partial charge >= 0.3 is 5.97 Å². The fourth-order valence-electron chi connectivity index (χ4n) is 4.85. The zero-order valence-electron chi connectivity index (χ0n) is 17.8. The van der Waals surface area contributed by atoms with Crippen molar-refractivity contribution in [2.75, 3.05) is 0 Å². The molecule has 3 atom stereocenters. The summed E-state index contributed by atoms with van der Waals surface area (Å²) < 4.78 is 12.3. The molecule has 1 saturated carbocycles. The average Bonchev–Trinajstić information content (AvgIpc) is 2.71. The fourth-order valence-corrected chi connectivity index (χ4v) is 4.85. The number of esters is 1. The van der Waals surface area contributed by atoms with Gasteiger partial charge in [-0.2, -0.15) is 0 Å². The van der Waals surface area contributed by atoms with Gasteiger partial charge in [-0.05, 0) is 50.4 Å². The molecule has 1 aliphatic heterocycles. The van der Waals surface area contributed by atoms with Gasteiger partial charge in [-0.25, -0.2) is 0 Å². The Balaban J connectivity index is 2.22. The Hall–Kier alpha value is -0.570. The highest BCUT2D eigenvalue weighted by Gasteiger charge is 2.53. The Kier molecular flexibility index (Phi) is 5.70. The summed E-state index contributed by atoms with van der Waals surface area (Å²) in [7, 11) is 0. The zero-order valence-corrected chi connectivity index (χ0v) is 17.8. The van der Waals surface area contributed by atoms with Gasteiger partial charge in [0.15, 0.2) is 0 Å². The van der Waals surface area contributed by atoms with Crippen molar-refractivity contribution in [2.24, 2.45) is 21.7 Å². The van der Waals surface area contributed by atoms with Gasteiger partial charge in [-0.3, -0.25) is 4.79 Å². The van der Waals surface area contributed by atoms with E-state index in [0.29, 0.717) is 0 Å². The minimum Gasteiger partial charge on any atom is -0.435 e. The summed E-state index contributed by atoms with van der Waals surface area (Å²) in [5.74, 6) is -0.0843. The van der Waals surface area contributed by atoms with E-state index in [4.69, 9.17) is 9.47 Å². The maximum Gasteiger partial charge on any atom is 0.314 e. The predicted molar refractivity (Wildman–Crippen MR) is 102 cm³/mol. The monoisotopic (exact) mass is 352 g/mol. The van der Waals surface area contributed by atoms with Gasteiger partial charge in [0.25, 0.3) is 0 Å².